The molecule has 0 N–H and O–H groups in total. The number of ether oxygens (including phenoxy) is 1. The van der Waals surface area contributed by atoms with E-state index in [1.165, 1.54) is 19.2 Å². The number of hydrogen-bond donors (Lipinski definition) is 0. The van der Waals surface area contributed by atoms with Crippen molar-refractivity contribution in [3.8, 4) is 0 Å². The van der Waals surface area contributed by atoms with Gasteiger partial charge >= 0.3 is 0 Å². The van der Waals surface area contributed by atoms with Gasteiger partial charge < -0.3 is 9.64 Å². The summed E-state index contributed by atoms with van der Waals surface area (Å²) in [6.07, 6.45) is 0.958. The van der Waals surface area contributed by atoms with Gasteiger partial charge in [0.2, 0.25) is 0 Å². The second-order valence-electron chi connectivity index (χ2n) is 6.99. The first-order valence-electron chi connectivity index (χ1n) is 9.69. The lowest BCUT2D eigenvalue weighted by molar-refractivity contribution is 0.0627. The van der Waals surface area contributed by atoms with Crippen LogP contribution in [-0.2, 0) is 27.5 Å². The predicted octanol–water partition coefficient (Wildman–Crippen LogP) is 2.08. The van der Waals surface area contributed by atoms with E-state index >= 15 is 0 Å². The van der Waals surface area contributed by atoms with Crippen molar-refractivity contribution < 1.29 is 17.9 Å². The third-order valence-electron chi connectivity index (χ3n) is 4.96. The number of amides is 1. The van der Waals surface area contributed by atoms with E-state index in [9.17, 15) is 13.2 Å². The van der Waals surface area contributed by atoms with Gasteiger partial charge in [0.25, 0.3) is 5.91 Å². The van der Waals surface area contributed by atoms with Crippen molar-refractivity contribution in [2.45, 2.75) is 24.8 Å². The molecule has 1 aromatic heterocycles. The molecule has 1 aromatic carbocycles. The zero-order valence-corrected chi connectivity index (χ0v) is 18.5. The lowest BCUT2D eigenvalue weighted by Crippen LogP contribution is -2.48. The maximum absolute atomic E-state index is 12.8. The fourth-order valence-electron chi connectivity index (χ4n) is 3.22. The molecule has 0 saturated carbocycles. The molecule has 9 heteroatoms. The number of thiazole rings is 1. The van der Waals surface area contributed by atoms with Crippen LogP contribution in [0.3, 0.4) is 0 Å². The molecule has 0 aliphatic carbocycles. The summed E-state index contributed by atoms with van der Waals surface area (Å²) in [4.78, 5) is 21.7. The second-order valence-corrected chi connectivity index (χ2v) is 10.0. The molecule has 2 aromatic rings. The highest BCUT2D eigenvalue weighted by Gasteiger charge is 2.23. The average molecular weight is 438 g/mol. The Morgan fingerprint density at radius 3 is 2.45 bits per heavy atom. The van der Waals surface area contributed by atoms with E-state index in [2.05, 4.69) is 22.2 Å². The van der Waals surface area contributed by atoms with Gasteiger partial charge in [-0.3, -0.25) is 9.69 Å². The minimum absolute atomic E-state index is 0.0626. The molecular formula is C20H27N3O4S2. The Morgan fingerprint density at radius 1 is 1.17 bits per heavy atom. The Balaban J connectivity index is 1.55. The Morgan fingerprint density at radius 2 is 1.86 bits per heavy atom. The predicted molar refractivity (Wildman–Crippen MR) is 113 cm³/mol. The number of aromatic nitrogens is 1. The topological polar surface area (TPSA) is 79.8 Å². The zero-order valence-electron chi connectivity index (χ0n) is 16.8. The van der Waals surface area contributed by atoms with E-state index < -0.39 is 9.84 Å². The van der Waals surface area contributed by atoms with Crippen molar-refractivity contribution in [2.75, 3.05) is 45.6 Å². The second kappa shape index (κ2) is 9.80. The number of benzene rings is 1. The van der Waals surface area contributed by atoms with Crippen LogP contribution in [0.5, 0.6) is 0 Å². The van der Waals surface area contributed by atoms with E-state index in [0.717, 1.165) is 36.8 Å². The Hall–Kier alpha value is -1.81. The van der Waals surface area contributed by atoms with Crippen LogP contribution in [0.25, 0.3) is 0 Å². The van der Waals surface area contributed by atoms with Crippen LogP contribution in [0.2, 0.25) is 0 Å². The fourth-order valence-corrected chi connectivity index (χ4v) is 5.13. The minimum atomic E-state index is -3.39. The zero-order chi connectivity index (χ0) is 20.9. The first-order chi connectivity index (χ1) is 13.9. The summed E-state index contributed by atoms with van der Waals surface area (Å²) in [5.41, 5.74) is 1.60. The smallest absolute Gasteiger partial charge is 0.253 e. The van der Waals surface area contributed by atoms with Crippen LogP contribution >= 0.6 is 11.3 Å². The number of carbonyl (C=O) groups excluding carboxylic acids is 1. The summed E-state index contributed by atoms with van der Waals surface area (Å²) >= 11 is 1.70. The number of carbonyl (C=O) groups is 1. The number of nitrogens with zero attached hydrogens (tertiary/aromatic N) is 3. The summed E-state index contributed by atoms with van der Waals surface area (Å²) in [5.74, 6) is -0.135. The molecule has 1 fully saturated rings. The molecule has 3 rings (SSSR count). The van der Waals surface area contributed by atoms with Gasteiger partial charge in [-0.05, 0) is 30.7 Å². The highest BCUT2D eigenvalue weighted by molar-refractivity contribution is 7.91. The Kier molecular flexibility index (Phi) is 7.39. The van der Waals surface area contributed by atoms with Gasteiger partial charge in [0.05, 0.1) is 28.0 Å². The molecular weight excluding hydrogens is 410 g/mol. The van der Waals surface area contributed by atoms with Gasteiger partial charge in [-0.25, -0.2) is 13.4 Å². The van der Waals surface area contributed by atoms with Crippen LogP contribution < -0.4 is 0 Å². The Labute approximate surface area is 176 Å². The average Bonchev–Trinajstić information content (AvgIpc) is 3.20. The largest absolute Gasteiger partial charge is 0.384 e. The number of methoxy groups -OCH3 is 1. The van der Waals surface area contributed by atoms with E-state index in [4.69, 9.17) is 4.74 Å². The molecule has 1 saturated heterocycles. The monoisotopic (exact) mass is 437 g/mol. The van der Waals surface area contributed by atoms with Crippen molar-refractivity contribution in [3.63, 3.8) is 0 Å². The molecule has 1 aliphatic rings. The molecule has 7 nitrogen and oxygen atoms in total. The molecule has 29 heavy (non-hydrogen) atoms. The van der Waals surface area contributed by atoms with Crippen molar-refractivity contribution in [3.05, 3.63) is 45.9 Å². The van der Waals surface area contributed by atoms with Gasteiger partial charge in [0, 0.05) is 50.8 Å². The van der Waals surface area contributed by atoms with Crippen molar-refractivity contribution in [1.29, 1.82) is 0 Å². The molecule has 1 amide bonds. The summed E-state index contributed by atoms with van der Waals surface area (Å²) in [7, 11) is -1.92. The van der Waals surface area contributed by atoms with Gasteiger partial charge in [-0.1, -0.05) is 6.92 Å². The first kappa shape index (κ1) is 21.9. The van der Waals surface area contributed by atoms with Crippen LogP contribution in [0.4, 0.5) is 0 Å². The number of rotatable bonds is 8. The van der Waals surface area contributed by atoms with Crippen LogP contribution in [-0.4, -0.2) is 74.8 Å². The number of piperazine rings is 1. The lowest BCUT2D eigenvalue weighted by Gasteiger charge is -2.34. The standard InChI is InChI=1S/C20H27N3O4S2/c1-3-19-21-17(15-28-19)14-22-8-10-23(11-9-22)20(24)16-4-6-18(7-5-16)29(25,26)13-12-27-2/h4-7,15H,3,8-14H2,1-2H3. The SMILES string of the molecule is CCc1nc(CN2CCN(C(=O)c3ccc(S(=O)(=O)CCOC)cc3)CC2)cs1. The van der Waals surface area contributed by atoms with Gasteiger partial charge in [0.1, 0.15) is 0 Å². The van der Waals surface area contributed by atoms with Crippen molar-refractivity contribution in [2.24, 2.45) is 0 Å². The van der Waals surface area contributed by atoms with Crippen LogP contribution in [0, 0.1) is 0 Å². The maximum Gasteiger partial charge on any atom is 0.253 e. The minimum Gasteiger partial charge on any atom is -0.384 e. The third kappa shape index (κ3) is 5.63. The Bertz CT molecular complexity index is 917. The summed E-state index contributed by atoms with van der Waals surface area (Å²) in [6, 6.07) is 6.19. The normalized spacial score (nSPS) is 15.6. The quantitative estimate of drug-likeness (QED) is 0.629. The van der Waals surface area contributed by atoms with Gasteiger partial charge in [0.15, 0.2) is 9.84 Å². The summed E-state index contributed by atoms with van der Waals surface area (Å²) < 4.78 is 29.2. The summed E-state index contributed by atoms with van der Waals surface area (Å²) in [5, 5.41) is 3.26. The molecule has 0 unspecified atom stereocenters. The van der Waals surface area contributed by atoms with Crippen molar-refractivity contribution >= 4 is 27.1 Å². The molecule has 2 heterocycles. The number of hydrogen-bond acceptors (Lipinski definition) is 7. The van der Waals surface area contributed by atoms with E-state index in [1.54, 1.807) is 23.5 Å². The molecule has 0 spiro atoms. The van der Waals surface area contributed by atoms with Crippen molar-refractivity contribution in [1.82, 2.24) is 14.8 Å². The van der Waals surface area contributed by atoms with Gasteiger partial charge in [-0.2, -0.15) is 0 Å². The maximum atomic E-state index is 12.8. The molecule has 1 aliphatic heterocycles. The molecule has 0 bridgehead atoms. The van der Waals surface area contributed by atoms with E-state index in [0.29, 0.717) is 18.7 Å². The number of sulfone groups is 1. The van der Waals surface area contributed by atoms with E-state index in [-0.39, 0.29) is 23.2 Å². The van der Waals surface area contributed by atoms with Gasteiger partial charge in [-0.15, -0.1) is 11.3 Å². The molecule has 158 valence electrons. The molecule has 0 radical (unpaired) electrons. The lowest BCUT2D eigenvalue weighted by atomic mass is 10.2. The molecule has 0 atom stereocenters. The highest BCUT2D eigenvalue weighted by Crippen LogP contribution is 2.17. The van der Waals surface area contributed by atoms with E-state index in [1.807, 2.05) is 4.90 Å². The fraction of sp³-hybridized carbons (Fsp3) is 0.500. The summed E-state index contributed by atoms with van der Waals surface area (Å²) in [6.45, 7) is 5.96. The van der Waals surface area contributed by atoms with Crippen LogP contribution in [0.1, 0.15) is 28.0 Å². The first-order valence-corrected chi connectivity index (χ1v) is 12.2. The number of aryl methyl sites for hydroxylation is 1. The van der Waals surface area contributed by atoms with Crippen LogP contribution in [0.15, 0.2) is 34.5 Å². The third-order valence-corrected chi connectivity index (χ3v) is 7.70. The highest BCUT2D eigenvalue weighted by atomic mass is 32.2.